The van der Waals surface area contributed by atoms with E-state index >= 15 is 0 Å². The molecule has 1 aliphatic heterocycles. The maximum Gasteiger partial charge on any atom is 0.208 e. The van der Waals surface area contributed by atoms with Gasteiger partial charge in [0, 0.05) is 32.1 Å². The lowest BCUT2D eigenvalue weighted by atomic mass is 9.97. The maximum atomic E-state index is 5.74. The molecule has 1 N–H and O–H groups in total. The first-order chi connectivity index (χ1) is 14.5. The Morgan fingerprint density at radius 3 is 2.48 bits per heavy atom. The highest BCUT2D eigenvalue weighted by Crippen LogP contribution is 2.20. The van der Waals surface area contributed by atoms with Crippen molar-refractivity contribution in [1.82, 2.24) is 20.1 Å². The first-order valence-corrected chi connectivity index (χ1v) is 11.9. The van der Waals surface area contributed by atoms with Gasteiger partial charge in [0.05, 0.1) is 12.2 Å². The summed E-state index contributed by atoms with van der Waals surface area (Å²) in [5.74, 6) is 3.39. The molecule has 0 amide bonds. The number of benzene rings is 1. The van der Waals surface area contributed by atoms with E-state index in [1.165, 1.54) is 23.3 Å². The van der Waals surface area contributed by atoms with Gasteiger partial charge in [-0.1, -0.05) is 12.1 Å². The van der Waals surface area contributed by atoms with Crippen LogP contribution in [0.3, 0.4) is 0 Å². The molecule has 0 unspecified atom stereocenters. The summed E-state index contributed by atoms with van der Waals surface area (Å²) in [6.45, 7) is 8.78. The molecule has 0 atom stereocenters. The molecule has 0 saturated carbocycles. The summed E-state index contributed by atoms with van der Waals surface area (Å²) in [4.78, 5) is 14.9. The highest BCUT2D eigenvalue weighted by Gasteiger charge is 2.21. The first kappa shape index (κ1) is 26.0. The monoisotopic (exact) mass is 557 g/mol. The van der Waals surface area contributed by atoms with Gasteiger partial charge in [-0.25, -0.2) is 4.98 Å². The molecule has 1 aromatic carbocycles. The highest BCUT2D eigenvalue weighted by atomic mass is 127. The van der Waals surface area contributed by atoms with Crippen molar-refractivity contribution in [3.05, 3.63) is 47.2 Å². The van der Waals surface area contributed by atoms with Crippen molar-refractivity contribution in [2.45, 2.75) is 44.7 Å². The van der Waals surface area contributed by atoms with Crippen LogP contribution in [0.25, 0.3) is 0 Å². The van der Waals surface area contributed by atoms with Crippen molar-refractivity contribution in [2.24, 2.45) is 10.9 Å². The van der Waals surface area contributed by atoms with E-state index in [0.29, 0.717) is 5.92 Å². The Balaban J connectivity index is 0.00000341. The number of aryl methyl sites for hydroxylation is 2. The van der Waals surface area contributed by atoms with Gasteiger partial charge in [-0.15, -0.1) is 35.7 Å². The summed E-state index contributed by atoms with van der Waals surface area (Å²) in [5.41, 5.74) is 2.29. The van der Waals surface area contributed by atoms with Gasteiger partial charge >= 0.3 is 0 Å². The van der Waals surface area contributed by atoms with Crippen molar-refractivity contribution < 1.29 is 4.42 Å². The van der Waals surface area contributed by atoms with Crippen LogP contribution in [0.5, 0.6) is 0 Å². The number of halogens is 1. The summed E-state index contributed by atoms with van der Waals surface area (Å²) in [7, 11) is 3.96. The molecule has 1 aromatic heterocycles. The number of guanidine groups is 1. The lowest BCUT2D eigenvalue weighted by molar-refractivity contribution is 0.163. The summed E-state index contributed by atoms with van der Waals surface area (Å²) in [5, 5.41) is 3.58. The van der Waals surface area contributed by atoms with E-state index < -0.39 is 0 Å². The lowest BCUT2D eigenvalue weighted by Gasteiger charge is -2.32. The number of piperidine rings is 1. The van der Waals surface area contributed by atoms with Crippen LogP contribution in [0, 0.1) is 19.8 Å². The summed E-state index contributed by atoms with van der Waals surface area (Å²) >= 11 is 1.77. The van der Waals surface area contributed by atoms with Gasteiger partial charge in [-0.3, -0.25) is 9.89 Å². The lowest BCUT2D eigenvalue weighted by Crippen LogP contribution is -2.43. The second-order valence-electron chi connectivity index (χ2n) is 8.10. The van der Waals surface area contributed by atoms with E-state index in [9.17, 15) is 0 Å². The summed E-state index contributed by atoms with van der Waals surface area (Å²) in [6, 6.07) is 8.75. The zero-order valence-corrected chi connectivity index (χ0v) is 22.5. The van der Waals surface area contributed by atoms with Gasteiger partial charge in [0.1, 0.15) is 5.76 Å². The van der Waals surface area contributed by atoms with E-state index in [1.54, 1.807) is 11.8 Å². The predicted molar refractivity (Wildman–Crippen MR) is 140 cm³/mol. The Morgan fingerprint density at radius 2 is 1.94 bits per heavy atom. The Morgan fingerprint density at radius 1 is 1.26 bits per heavy atom. The molecule has 172 valence electrons. The molecular weight excluding hydrogens is 521 g/mol. The second-order valence-corrected chi connectivity index (χ2v) is 8.98. The van der Waals surface area contributed by atoms with E-state index in [-0.39, 0.29) is 24.0 Å². The maximum absolute atomic E-state index is 5.74. The van der Waals surface area contributed by atoms with Gasteiger partial charge in [0.25, 0.3) is 0 Å². The van der Waals surface area contributed by atoms with E-state index in [2.05, 4.69) is 62.7 Å². The largest absolute Gasteiger partial charge is 0.444 e. The molecule has 31 heavy (non-hydrogen) atoms. The minimum atomic E-state index is 0. The quantitative estimate of drug-likeness (QED) is 0.233. The SMILES string of the molecule is CN=C(NCC1CCN(Cc2nc(C)c(C)o2)CC1)N(C)Cc1ccc(SC)cc1.I. The smallest absolute Gasteiger partial charge is 0.208 e. The van der Waals surface area contributed by atoms with Crippen LogP contribution in [-0.2, 0) is 13.1 Å². The van der Waals surface area contributed by atoms with Crippen molar-refractivity contribution in [3.63, 3.8) is 0 Å². The van der Waals surface area contributed by atoms with Crippen LogP contribution in [0.4, 0.5) is 0 Å². The van der Waals surface area contributed by atoms with Crippen LogP contribution in [0.15, 0.2) is 38.6 Å². The molecule has 8 heteroatoms. The standard InChI is InChI=1S/C23H35N5OS.HI/c1-17-18(2)29-22(26-17)16-28-12-10-19(11-13-28)14-25-23(24-3)27(4)15-20-6-8-21(30-5)9-7-20;/h6-9,19H,10-16H2,1-5H3,(H,24,25);1H. The predicted octanol–water partition coefficient (Wildman–Crippen LogP) is 4.55. The molecule has 3 rings (SSSR count). The van der Waals surface area contributed by atoms with Crippen LogP contribution >= 0.6 is 35.7 Å². The van der Waals surface area contributed by atoms with E-state index in [0.717, 1.165) is 56.0 Å². The average molecular weight is 558 g/mol. The molecule has 2 aromatic rings. The second kappa shape index (κ2) is 12.7. The highest BCUT2D eigenvalue weighted by molar-refractivity contribution is 14.0. The van der Waals surface area contributed by atoms with Gasteiger partial charge in [0.2, 0.25) is 5.89 Å². The van der Waals surface area contributed by atoms with Crippen molar-refractivity contribution in [3.8, 4) is 0 Å². The Labute approximate surface area is 208 Å². The fraction of sp³-hybridized carbons (Fsp3) is 0.565. The molecule has 1 saturated heterocycles. The fourth-order valence-corrected chi connectivity index (χ4v) is 4.26. The number of likely N-dealkylation sites (tertiary alicyclic amines) is 1. The van der Waals surface area contributed by atoms with E-state index in [1.807, 2.05) is 20.9 Å². The molecular formula is C23H36IN5OS. The molecule has 0 radical (unpaired) electrons. The Kier molecular flexibility index (Phi) is 10.6. The number of aliphatic imine (C=N–C) groups is 1. The third-order valence-corrected chi connectivity index (χ3v) is 6.58. The first-order valence-electron chi connectivity index (χ1n) is 10.7. The van der Waals surface area contributed by atoms with Gasteiger partial charge < -0.3 is 14.6 Å². The number of oxazole rings is 1. The number of rotatable bonds is 7. The number of nitrogens with zero attached hydrogens (tertiary/aromatic N) is 4. The minimum absolute atomic E-state index is 0. The third-order valence-electron chi connectivity index (χ3n) is 5.84. The Bertz CT molecular complexity index is 811. The van der Waals surface area contributed by atoms with Crippen LogP contribution in [0.1, 0.15) is 35.7 Å². The van der Waals surface area contributed by atoms with Crippen LogP contribution < -0.4 is 5.32 Å². The van der Waals surface area contributed by atoms with E-state index in [4.69, 9.17) is 4.42 Å². The average Bonchev–Trinajstić information content (AvgIpc) is 3.07. The van der Waals surface area contributed by atoms with Crippen molar-refractivity contribution in [1.29, 1.82) is 0 Å². The zero-order chi connectivity index (χ0) is 21.5. The third kappa shape index (κ3) is 7.68. The summed E-state index contributed by atoms with van der Waals surface area (Å²) < 4.78 is 5.74. The topological polar surface area (TPSA) is 56.9 Å². The number of hydrogen-bond donors (Lipinski definition) is 1. The van der Waals surface area contributed by atoms with Crippen LogP contribution in [0.2, 0.25) is 0 Å². The molecule has 0 spiro atoms. The van der Waals surface area contributed by atoms with Gasteiger partial charge in [-0.2, -0.15) is 0 Å². The number of hydrogen-bond acceptors (Lipinski definition) is 5. The molecule has 0 bridgehead atoms. The number of thioether (sulfide) groups is 1. The molecule has 6 nitrogen and oxygen atoms in total. The number of aromatic nitrogens is 1. The number of nitrogens with one attached hydrogen (secondary N) is 1. The van der Waals surface area contributed by atoms with Crippen molar-refractivity contribution in [2.75, 3.05) is 40.0 Å². The van der Waals surface area contributed by atoms with Gasteiger partial charge in [-0.05, 0) is 69.6 Å². The molecule has 1 fully saturated rings. The molecule has 2 heterocycles. The molecule has 0 aliphatic carbocycles. The van der Waals surface area contributed by atoms with Crippen molar-refractivity contribution >= 4 is 41.7 Å². The van der Waals surface area contributed by atoms with Crippen LogP contribution in [-0.4, -0.2) is 60.7 Å². The minimum Gasteiger partial charge on any atom is -0.444 e. The molecule has 1 aliphatic rings. The zero-order valence-electron chi connectivity index (χ0n) is 19.4. The summed E-state index contributed by atoms with van der Waals surface area (Å²) in [6.07, 6.45) is 4.47. The fourth-order valence-electron chi connectivity index (χ4n) is 3.85. The van der Waals surface area contributed by atoms with Gasteiger partial charge in [0.15, 0.2) is 5.96 Å². The Hall–Kier alpha value is -1.26. The normalized spacial score (nSPS) is 15.6.